The zero-order valence-electron chi connectivity index (χ0n) is 17.6. The van der Waals surface area contributed by atoms with Gasteiger partial charge in [0.05, 0.1) is 34.4 Å². The fourth-order valence-electron chi connectivity index (χ4n) is 4.36. The number of aromatic nitrogens is 2. The first kappa shape index (κ1) is 21.2. The van der Waals surface area contributed by atoms with Crippen LogP contribution in [0.1, 0.15) is 62.4 Å². The molecule has 0 unspecified atom stereocenters. The van der Waals surface area contributed by atoms with Gasteiger partial charge in [-0.05, 0) is 49.4 Å². The van der Waals surface area contributed by atoms with E-state index in [-0.39, 0.29) is 6.04 Å². The molecule has 1 aliphatic rings. The van der Waals surface area contributed by atoms with Crippen LogP contribution in [-0.2, 0) is 19.3 Å². The predicted molar refractivity (Wildman–Crippen MR) is 123 cm³/mol. The van der Waals surface area contributed by atoms with Gasteiger partial charge in [0.1, 0.15) is 11.6 Å². The maximum atomic E-state index is 6.49. The van der Waals surface area contributed by atoms with E-state index < -0.39 is 0 Å². The SMILES string of the molecule is CCc1nc(-c2ccc(Cl)cc2Cl)c(CC)nc1N[C@H]1c2ccoc2CC[C@H]1CC. The van der Waals surface area contributed by atoms with Gasteiger partial charge >= 0.3 is 0 Å². The predicted octanol–water partition coefficient (Wildman–Crippen LogP) is 7.29. The highest BCUT2D eigenvalue weighted by atomic mass is 35.5. The van der Waals surface area contributed by atoms with Crippen LogP contribution in [-0.4, -0.2) is 9.97 Å². The largest absolute Gasteiger partial charge is 0.469 e. The summed E-state index contributed by atoms with van der Waals surface area (Å²) >= 11 is 12.6. The molecule has 6 heteroatoms. The van der Waals surface area contributed by atoms with Crippen LogP contribution in [0, 0.1) is 5.92 Å². The van der Waals surface area contributed by atoms with E-state index in [4.69, 9.17) is 37.6 Å². The molecule has 0 radical (unpaired) electrons. The molecule has 0 saturated heterocycles. The minimum atomic E-state index is 0.187. The van der Waals surface area contributed by atoms with Crippen LogP contribution in [0.2, 0.25) is 10.0 Å². The first-order valence-corrected chi connectivity index (χ1v) is 11.5. The second-order valence-electron chi connectivity index (χ2n) is 7.77. The van der Waals surface area contributed by atoms with E-state index in [1.54, 1.807) is 12.3 Å². The van der Waals surface area contributed by atoms with Gasteiger partial charge in [-0.15, -0.1) is 0 Å². The van der Waals surface area contributed by atoms with Gasteiger partial charge in [-0.3, -0.25) is 0 Å². The maximum Gasteiger partial charge on any atom is 0.148 e. The molecule has 0 fully saturated rings. The number of hydrogen-bond donors (Lipinski definition) is 1. The lowest BCUT2D eigenvalue weighted by atomic mass is 9.81. The number of furan rings is 1. The standard InChI is InChI=1S/C24H27Cl2N3O/c1-4-14-7-10-21-17(11-12-30-21)22(14)29-24-20(6-3)27-23(19(5-2)28-24)16-9-8-15(25)13-18(16)26/h8-9,11-14,22H,4-7,10H2,1-3H3,(H,28,29)/t14-,22-/m1/s1. The number of halogens is 2. The number of benzene rings is 1. The molecular weight excluding hydrogens is 417 g/mol. The third kappa shape index (κ3) is 3.95. The maximum absolute atomic E-state index is 6.49. The van der Waals surface area contributed by atoms with Crippen molar-refractivity contribution in [2.45, 2.75) is 58.9 Å². The molecule has 0 spiro atoms. The number of hydrogen-bond acceptors (Lipinski definition) is 4. The summed E-state index contributed by atoms with van der Waals surface area (Å²) in [6, 6.07) is 7.80. The summed E-state index contributed by atoms with van der Waals surface area (Å²) in [6.07, 6.45) is 6.56. The van der Waals surface area contributed by atoms with Crippen molar-refractivity contribution in [2.75, 3.05) is 5.32 Å². The van der Waals surface area contributed by atoms with E-state index in [1.807, 2.05) is 12.1 Å². The highest BCUT2D eigenvalue weighted by Crippen LogP contribution is 2.40. The van der Waals surface area contributed by atoms with Crippen molar-refractivity contribution in [3.63, 3.8) is 0 Å². The van der Waals surface area contributed by atoms with E-state index in [9.17, 15) is 0 Å². The number of nitrogens with one attached hydrogen (secondary N) is 1. The lowest BCUT2D eigenvalue weighted by molar-refractivity contribution is 0.354. The smallest absolute Gasteiger partial charge is 0.148 e. The van der Waals surface area contributed by atoms with Crippen LogP contribution in [0.3, 0.4) is 0 Å². The minimum absolute atomic E-state index is 0.187. The Kier molecular flexibility index (Phi) is 6.35. The zero-order chi connectivity index (χ0) is 21.3. The summed E-state index contributed by atoms with van der Waals surface area (Å²) in [5, 5.41) is 4.94. The van der Waals surface area contributed by atoms with Crippen molar-refractivity contribution in [1.29, 1.82) is 0 Å². The van der Waals surface area contributed by atoms with Crippen LogP contribution >= 0.6 is 23.2 Å². The Morgan fingerprint density at radius 3 is 2.57 bits per heavy atom. The van der Waals surface area contributed by atoms with E-state index >= 15 is 0 Å². The van der Waals surface area contributed by atoms with E-state index in [2.05, 4.69) is 32.2 Å². The first-order valence-electron chi connectivity index (χ1n) is 10.7. The summed E-state index contributed by atoms with van der Waals surface area (Å²) in [6.45, 7) is 6.45. The topological polar surface area (TPSA) is 51.0 Å². The zero-order valence-corrected chi connectivity index (χ0v) is 19.1. The van der Waals surface area contributed by atoms with Crippen LogP contribution < -0.4 is 5.32 Å². The minimum Gasteiger partial charge on any atom is -0.469 e. The van der Waals surface area contributed by atoms with E-state index in [0.29, 0.717) is 16.0 Å². The van der Waals surface area contributed by atoms with E-state index in [1.165, 1.54) is 5.56 Å². The average molecular weight is 444 g/mol. The molecule has 0 amide bonds. The molecule has 4 rings (SSSR count). The van der Waals surface area contributed by atoms with Gasteiger partial charge in [0, 0.05) is 22.6 Å². The molecule has 4 nitrogen and oxygen atoms in total. The lowest BCUT2D eigenvalue weighted by Gasteiger charge is -2.32. The van der Waals surface area contributed by atoms with Crippen molar-refractivity contribution in [3.8, 4) is 11.3 Å². The van der Waals surface area contributed by atoms with Crippen molar-refractivity contribution in [1.82, 2.24) is 9.97 Å². The fraction of sp³-hybridized carbons (Fsp3) is 0.417. The lowest BCUT2D eigenvalue weighted by Crippen LogP contribution is -2.27. The molecular formula is C24H27Cl2N3O. The average Bonchev–Trinajstić information content (AvgIpc) is 3.23. The number of rotatable bonds is 6. The summed E-state index contributed by atoms with van der Waals surface area (Å²) in [4.78, 5) is 10.0. The van der Waals surface area contributed by atoms with Crippen LogP contribution in [0.15, 0.2) is 34.9 Å². The van der Waals surface area contributed by atoms with Gasteiger partial charge in [-0.25, -0.2) is 9.97 Å². The monoisotopic (exact) mass is 443 g/mol. The van der Waals surface area contributed by atoms with Gasteiger partial charge in [0.15, 0.2) is 0 Å². The molecule has 1 aromatic carbocycles. The fourth-order valence-corrected chi connectivity index (χ4v) is 4.86. The Balaban J connectivity index is 1.76. The molecule has 0 bridgehead atoms. The quantitative estimate of drug-likeness (QED) is 0.434. The van der Waals surface area contributed by atoms with Crippen molar-refractivity contribution >= 4 is 29.0 Å². The Labute approximate surface area is 188 Å². The highest BCUT2D eigenvalue weighted by Gasteiger charge is 2.31. The molecule has 2 atom stereocenters. The van der Waals surface area contributed by atoms with Crippen LogP contribution in [0.5, 0.6) is 0 Å². The normalized spacial score (nSPS) is 18.3. The Bertz CT molecular complexity index is 1050. The molecule has 0 saturated carbocycles. The van der Waals surface area contributed by atoms with Gasteiger partial charge in [0.25, 0.3) is 0 Å². The number of aryl methyl sites for hydroxylation is 3. The Hall–Kier alpha value is -2.04. The summed E-state index contributed by atoms with van der Waals surface area (Å²) in [7, 11) is 0. The van der Waals surface area contributed by atoms with Crippen molar-refractivity contribution in [3.05, 3.63) is 63.3 Å². The van der Waals surface area contributed by atoms with Crippen LogP contribution in [0.4, 0.5) is 5.82 Å². The van der Waals surface area contributed by atoms with Gasteiger partial charge < -0.3 is 9.73 Å². The Morgan fingerprint density at radius 1 is 1.07 bits per heavy atom. The third-order valence-corrected chi connectivity index (χ3v) is 6.59. The first-order chi connectivity index (χ1) is 14.5. The van der Waals surface area contributed by atoms with Gasteiger partial charge in [0.2, 0.25) is 0 Å². The summed E-state index contributed by atoms with van der Waals surface area (Å²) in [5.74, 6) is 2.49. The number of anilines is 1. The molecule has 3 aromatic rings. The highest BCUT2D eigenvalue weighted by molar-refractivity contribution is 6.36. The molecule has 0 aliphatic heterocycles. The second-order valence-corrected chi connectivity index (χ2v) is 8.62. The summed E-state index contributed by atoms with van der Waals surface area (Å²) < 4.78 is 5.72. The molecule has 2 heterocycles. The van der Waals surface area contributed by atoms with Crippen molar-refractivity contribution < 1.29 is 4.42 Å². The van der Waals surface area contributed by atoms with Crippen molar-refractivity contribution in [2.24, 2.45) is 5.92 Å². The third-order valence-electron chi connectivity index (χ3n) is 6.04. The molecule has 30 heavy (non-hydrogen) atoms. The summed E-state index contributed by atoms with van der Waals surface area (Å²) in [5.41, 5.74) is 4.82. The van der Waals surface area contributed by atoms with Gasteiger partial charge in [-0.1, -0.05) is 50.4 Å². The van der Waals surface area contributed by atoms with Gasteiger partial charge in [-0.2, -0.15) is 0 Å². The number of fused-ring (bicyclic) bond motifs is 1. The molecule has 1 N–H and O–H groups in total. The Morgan fingerprint density at radius 2 is 1.87 bits per heavy atom. The number of nitrogens with zero attached hydrogens (tertiary/aromatic N) is 2. The molecule has 2 aromatic heterocycles. The van der Waals surface area contributed by atoms with E-state index in [0.717, 1.165) is 66.3 Å². The second kappa shape index (κ2) is 8.99. The molecule has 158 valence electrons. The van der Waals surface area contributed by atoms with Crippen LogP contribution in [0.25, 0.3) is 11.3 Å². The molecule has 1 aliphatic carbocycles.